The molecule has 3 aromatic rings. The number of aryl methyl sites for hydroxylation is 1. The predicted molar refractivity (Wildman–Crippen MR) is 148 cm³/mol. The molecule has 2 heterocycles. The number of benzene rings is 1. The van der Waals surface area contributed by atoms with Crippen LogP contribution in [0.15, 0.2) is 24.3 Å². The number of hydrogen-bond acceptors (Lipinski definition) is 6. The zero-order valence-corrected chi connectivity index (χ0v) is 25.1. The van der Waals surface area contributed by atoms with Crippen LogP contribution in [0.3, 0.4) is 0 Å². The molecule has 0 radical (unpaired) electrons. The van der Waals surface area contributed by atoms with E-state index in [0.717, 1.165) is 37.2 Å². The van der Waals surface area contributed by atoms with Crippen LogP contribution in [0.25, 0.3) is 27.2 Å². The third kappa shape index (κ3) is 9.07. The van der Waals surface area contributed by atoms with Gasteiger partial charge in [0.25, 0.3) is 5.97 Å². The summed E-state index contributed by atoms with van der Waals surface area (Å²) < 4.78 is 25.2. The second-order valence-corrected chi connectivity index (χ2v) is 9.91. The maximum absolute atomic E-state index is 13.1. The zero-order valence-electron chi connectivity index (χ0n) is 24.0. The SMILES string of the molecule is CCOC[N-]COCC.[C-]#[N+]c1[c-]n2[nH]c(-c3ccc(C)cc3)nc2c1C(=O)OC1C(C)CC(C)CC1C.[O]=[Co]. The minimum atomic E-state index is -0.491. The van der Waals surface area contributed by atoms with Crippen LogP contribution in [0.5, 0.6) is 0 Å². The molecule has 0 bridgehead atoms. The van der Waals surface area contributed by atoms with E-state index in [1.807, 2.05) is 45.0 Å². The molecule has 10 nitrogen and oxygen atoms in total. The molecule has 1 N–H and O–H groups in total. The molecule has 221 valence electrons. The molecule has 2 unspecified atom stereocenters. The van der Waals surface area contributed by atoms with Gasteiger partial charge in [0, 0.05) is 18.8 Å². The summed E-state index contributed by atoms with van der Waals surface area (Å²) in [4.78, 5) is 21.1. The number of hydrogen-bond donors (Lipinski definition) is 1. The summed E-state index contributed by atoms with van der Waals surface area (Å²) in [6, 6.07) is 7.94. The van der Waals surface area contributed by atoms with Crippen LogP contribution in [0, 0.1) is 37.4 Å². The third-order valence-corrected chi connectivity index (χ3v) is 6.65. The molecule has 1 aromatic carbocycles. The van der Waals surface area contributed by atoms with E-state index in [9.17, 15) is 4.79 Å². The van der Waals surface area contributed by atoms with Gasteiger partial charge in [-0.15, -0.1) is 0 Å². The molecule has 1 fully saturated rings. The maximum atomic E-state index is 13.1. The van der Waals surface area contributed by atoms with Gasteiger partial charge in [0.15, 0.2) is 0 Å². The van der Waals surface area contributed by atoms with E-state index in [1.54, 1.807) is 0 Å². The Morgan fingerprint density at radius 1 is 1.12 bits per heavy atom. The number of carbonyl (C=O) groups is 1. The summed E-state index contributed by atoms with van der Waals surface area (Å²) in [5.74, 6) is 1.34. The van der Waals surface area contributed by atoms with Gasteiger partial charge in [-0.3, -0.25) is 14.6 Å². The van der Waals surface area contributed by atoms with Crippen LogP contribution >= 0.6 is 0 Å². The van der Waals surface area contributed by atoms with Crippen molar-refractivity contribution in [3.63, 3.8) is 0 Å². The van der Waals surface area contributed by atoms with E-state index in [0.29, 0.717) is 42.7 Å². The predicted octanol–water partition coefficient (Wildman–Crippen LogP) is 6.44. The Bertz CT molecular complexity index is 1220. The zero-order chi connectivity index (χ0) is 29.7. The Morgan fingerprint density at radius 2 is 1.70 bits per heavy atom. The number of H-pyrrole nitrogens is 1. The van der Waals surface area contributed by atoms with E-state index < -0.39 is 5.97 Å². The first-order chi connectivity index (χ1) is 19.3. The Labute approximate surface area is 244 Å². The Kier molecular flexibility index (Phi) is 14.2. The van der Waals surface area contributed by atoms with Gasteiger partial charge in [-0.25, -0.2) is 0 Å². The van der Waals surface area contributed by atoms with E-state index in [-0.39, 0.29) is 17.4 Å². The van der Waals surface area contributed by atoms with Crippen molar-refractivity contribution < 1.29 is 38.5 Å². The summed E-state index contributed by atoms with van der Waals surface area (Å²) in [5.41, 5.74) is 2.75. The van der Waals surface area contributed by atoms with Gasteiger partial charge < -0.3 is 29.1 Å². The number of carbonyl (C=O) groups excluding carboxylic acids is 1. The molecule has 0 aliphatic heterocycles. The third-order valence-electron chi connectivity index (χ3n) is 6.65. The first-order valence-electron chi connectivity index (χ1n) is 13.4. The van der Waals surface area contributed by atoms with Crippen molar-refractivity contribution in [2.24, 2.45) is 17.8 Å². The summed E-state index contributed by atoms with van der Waals surface area (Å²) in [5, 5.41) is 7.01. The second kappa shape index (κ2) is 17.0. The van der Waals surface area contributed by atoms with Crippen LogP contribution in [0.1, 0.15) is 63.4 Å². The van der Waals surface area contributed by atoms with Gasteiger partial charge in [0.1, 0.15) is 17.6 Å². The number of rotatable bonds is 9. The molecule has 40 heavy (non-hydrogen) atoms. The number of ether oxygens (including phenoxy) is 3. The van der Waals surface area contributed by atoms with Crippen molar-refractivity contribution >= 4 is 17.3 Å². The van der Waals surface area contributed by atoms with Crippen LogP contribution in [-0.2, 0) is 33.7 Å². The van der Waals surface area contributed by atoms with Crippen LogP contribution in [-0.4, -0.2) is 53.3 Å². The molecule has 2 aromatic heterocycles. The molecular formula is C29H39CoN5O5-2. The fourth-order valence-corrected chi connectivity index (χ4v) is 4.92. The monoisotopic (exact) mass is 596 g/mol. The number of aromatic amines is 1. The summed E-state index contributed by atoms with van der Waals surface area (Å²) >= 11 is 2.31. The first kappa shape index (κ1) is 33.3. The summed E-state index contributed by atoms with van der Waals surface area (Å²) in [6.07, 6.45) is 4.83. The van der Waals surface area contributed by atoms with Gasteiger partial charge in [-0.1, -0.05) is 56.8 Å². The number of aromatic nitrogens is 3. The molecule has 1 saturated carbocycles. The number of nitrogens with one attached hydrogen (secondary N) is 1. The Hall–Kier alpha value is -2.88. The number of fused-ring (bicyclic) bond motifs is 1. The van der Waals surface area contributed by atoms with Crippen molar-refractivity contribution in [2.45, 2.75) is 60.5 Å². The average Bonchev–Trinajstić information content (AvgIpc) is 3.50. The topological polar surface area (TPSA) is 113 Å². The molecule has 0 amide bonds. The van der Waals surface area contributed by atoms with Gasteiger partial charge in [0.05, 0.1) is 6.57 Å². The molecule has 0 spiro atoms. The summed E-state index contributed by atoms with van der Waals surface area (Å²) in [7, 11) is 0. The van der Waals surface area contributed by atoms with E-state index in [2.05, 4.69) is 62.9 Å². The van der Waals surface area contributed by atoms with Crippen LogP contribution in [0.2, 0.25) is 0 Å². The molecule has 1 aliphatic carbocycles. The second-order valence-electron chi connectivity index (χ2n) is 9.91. The Balaban J connectivity index is 0.000000436. The van der Waals surface area contributed by atoms with E-state index in [1.165, 1.54) is 4.52 Å². The standard InChI is InChI=1S/C23H25N4O2.C6H14NO2.Co.O/c1-13-6-8-17(9-7-13)21-25-22-19(18(24-5)12-27(22)26-21)23(28)29-20-15(3)10-14(2)11-16(20)4;1-3-8-5-7-6-9-4-2;;/h6-9,14-16,20H,10-11H2,1-4H3,(H,25,26);3-6H2,1-2H3;;/q2*-1;;. The fourth-order valence-electron chi connectivity index (χ4n) is 4.92. The molecule has 1 aliphatic rings. The molecule has 0 saturated heterocycles. The van der Waals surface area contributed by atoms with Gasteiger partial charge in [-0.2, -0.15) is 0 Å². The Morgan fingerprint density at radius 3 is 2.23 bits per heavy atom. The van der Waals surface area contributed by atoms with Crippen molar-refractivity contribution in [3.05, 3.63) is 58.3 Å². The van der Waals surface area contributed by atoms with Crippen molar-refractivity contribution in [3.8, 4) is 11.4 Å². The fraction of sp³-hybridized carbons (Fsp3) is 0.552. The van der Waals surface area contributed by atoms with Crippen molar-refractivity contribution in [1.82, 2.24) is 14.6 Å². The first-order valence-corrected chi connectivity index (χ1v) is 13.8. The minimum absolute atomic E-state index is 0.133. The van der Waals surface area contributed by atoms with Gasteiger partial charge in [0.2, 0.25) is 0 Å². The molecule has 11 heteroatoms. The van der Waals surface area contributed by atoms with Crippen LogP contribution in [0.4, 0.5) is 5.69 Å². The summed E-state index contributed by atoms with van der Waals surface area (Å²) in [6.45, 7) is 22.2. The van der Waals surface area contributed by atoms with Crippen LogP contribution < -0.4 is 0 Å². The normalized spacial score (nSPS) is 20.1. The number of nitrogens with zero attached hydrogens (tertiary/aromatic N) is 4. The molecular weight excluding hydrogens is 557 g/mol. The molecule has 2 atom stereocenters. The quantitative estimate of drug-likeness (QED) is 0.173. The van der Waals surface area contributed by atoms with Crippen molar-refractivity contribution in [1.29, 1.82) is 0 Å². The van der Waals surface area contributed by atoms with Gasteiger partial charge in [-0.05, 0) is 76.0 Å². The average molecular weight is 597 g/mol. The van der Waals surface area contributed by atoms with E-state index in [4.69, 9.17) is 24.6 Å². The van der Waals surface area contributed by atoms with E-state index >= 15 is 0 Å². The van der Waals surface area contributed by atoms with Crippen molar-refractivity contribution in [2.75, 3.05) is 26.7 Å². The molecule has 4 rings (SSSR count). The van der Waals surface area contributed by atoms with Gasteiger partial charge >= 0.3 is 19.5 Å². The number of esters is 1.